The number of hydrogen-bond acceptors (Lipinski definition) is 1. The van der Waals surface area contributed by atoms with Crippen LogP contribution in [0.25, 0.3) is 5.31 Å². The van der Waals surface area contributed by atoms with Gasteiger partial charge in [-0.05, 0) is 24.5 Å². The normalized spacial score (nSPS) is 10.9. The molecule has 0 saturated carbocycles. The van der Waals surface area contributed by atoms with Crippen LogP contribution < -0.4 is 10.6 Å². The molecule has 0 aromatic heterocycles. The highest BCUT2D eigenvalue weighted by molar-refractivity contribution is 7.87. The Hall–Kier alpha value is -2.59. The number of benzene rings is 3. The smallest absolute Gasteiger partial charge is 0.178 e. The molecule has 2 heteroatoms. The maximum absolute atomic E-state index is 14.7. The summed E-state index contributed by atoms with van der Waals surface area (Å²) in [4.78, 5) is 0. The average molecular weight is 372 g/mol. The molecular formula is C25H25OP. The maximum Gasteiger partial charge on any atom is 0.178 e. The molecule has 27 heavy (non-hydrogen) atoms. The summed E-state index contributed by atoms with van der Waals surface area (Å²) in [5.41, 5.74) is 4.40. The molecule has 3 aromatic carbocycles. The molecule has 136 valence electrons. The van der Waals surface area contributed by atoms with Crippen LogP contribution in [0.3, 0.4) is 0 Å². The van der Waals surface area contributed by atoms with Crippen molar-refractivity contribution in [3.63, 3.8) is 0 Å². The molecule has 0 aliphatic carbocycles. The van der Waals surface area contributed by atoms with Gasteiger partial charge in [-0.1, -0.05) is 104 Å². The lowest BCUT2D eigenvalue weighted by Gasteiger charge is -2.21. The molecule has 0 spiro atoms. The van der Waals surface area contributed by atoms with E-state index in [1.807, 2.05) is 97.1 Å². The number of unbranched alkanes of at least 4 members (excludes halogenated alkanes) is 2. The molecule has 3 aromatic rings. The predicted octanol–water partition coefficient (Wildman–Crippen LogP) is 6.39. The van der Waals surface area contributed by atoms with Gasteiger partial charge in [0.05, 0.1) is 5.31 Å². The first-order valence-electron chi connectivity index (χ1n) is 9.49. The van der Waals surface area contributed by atoms with Crippen molar-refractivity contribution in [1.82, 2.24) is 0 Å². The molecular weight excluding hydrogens is 347 g/mol. The first kappa shape index (κ1) is 19.2. The van der Waals surface area contributed by atoms with Crippen LogP contribution in [0.15, 0.2) is 103 Å². The maximum atomic E-state index is 14.7. The van der Waals surface area contributed by atoms with E-state index in [2.05, 4.69) is 12.7 Å². The quantitative estimate of drug-likeness (QED) is 0.267. The van der Waals surface area contributed by atoms with E-state index in [1.54, 1.807) is 0 Å². The standard InChI is InChI=1S/C25H25OP/c1-2-3-4-14-21-25(22-15-8-5-9-16-22)27(26,23-17-10-6-11-18-23)24-19-12-7-13-20-24/h5-20H,2-4H2,1H3. The van der Waals surface area contributed by atoms with E-state index in [4.69, 9.17) is 0 Å². The Bertz CT molecular complexity index is 909. The minimum absolute atomic E-state index is 0.775. The third kappa shape index (κ3) is 4.40. The van der Waals surface area contributed by atoms with E-state index >= 15 is 0 Å². The summed E-state index contributed by atoms with van der Waals surface area (Å²) in [6.07, 6.45) is 5.23. The van der Waals surface area contributed by atoms with Gasteiger partial charge in [0.1, 0.15) is 0 Å². The first-order chi connectivity index (χ1) is 13.3. The van der Waals surface area contributed by atoms with Crippen LogP contribution in [-0.2, 0) is 4.57 Å². The SMILES string of the molecule is CCCCC=C=C(c1ccccc1)P(=O)(c1ccccc1)c1ccccc1. The summed E-state index contributed by atoms with van der Waals surface area (Å²) in [5, 5.41) is 2.45. The van der Waals surface area contributed by atoms with Gasteiger partial charge in [0.25, 0.3) is 0 Å². The largest absolute Gasteiger partial charge is 0.308 e. The molecule has 0 saturated heterocycles. The average Bonchev–Trinajstić information content (AvgIpc) is 2.75. The van der Waals surface area contributed by atoms with Gasteiger partial charge >= 0.3 is 0 Å². The van der Waals surface area contributed by atoms with Crippen LogP contribution >= 0.6 is 7.14 Å². The minimum atomic E-state index is -3.03. The lowest BCUT2D eigenvalue weighted by molar-refractivity contribution is 0.593. The van der Waals surface area contributed by atoms with Gasteiger partial charge in [-0.2, -0.15) is 0 Å². The molecule has 0 aliphatic rings. The second kappa shape index (κ2) is 9.38. The molecule has 0 aliphatic heterocycles. The molecule has 0 unspecified atom stereocenters. The molecule has 3 rings (SSSR count). The van der Waals surface area contributed by atoms with Crippen molar-refractivity contribution in [2.45, 2.75) is 26.2 Å². The van der Waals surface area contributed by atoms with Crippen molar-refractivity contribution in [2.75, 3.05) is 0 Å². The Morgan fingerprint density at radius 3 is 1.78 bits per heavy atom. The molecule has 0 N–H and O–H groups in total. The number of rotatable bonds is 7. The summed E-state index contributed by atoms with van der Waals surface area (Å²) in [7, 11) is -3.03. The van der Waals surface area contributed by atoms with Crippen molar-refractivity contribution in [2.24, 2.45) is 0 Å². The zero-order valence-corrected chi connectivity index (χ0v) is 16.6. The van der Waals surface area contributed by atoms with Gasteiger partial charge in [-0.15, -0.1) is 5.73 Å². The zero-order chi connectivity index (χ0) is 19.0. The van der Waals surface area contributed by atoms with Gasteiger partial charge in [0.2, 0.25) is 0 Å². The van der Waals surface area contributed by atoms with Crippen molar-refractivity contribution < 1.29 is 4.57 Å². The molecule has 0 atom stereocenters. The van der Waals surface area contributed by atoms with Gasteiger partial charge in [0, 0.05) is 10.6 Å². The third-order valence-electron chi connectivity index (χ3n) is 4.54. The molecule has 0 radical (unpaired) electrons. The van der Waals surface area contributed by atoms with Crippen LogP contribution in [-0.4, -0.2) is 0 Å². The first-order valence-corrected chi connectivity index (χ1v) is 11.2. The van der Waals surface area contributed by atoms with Crippen LogP contribution in [0.1, 0.15) is 31.7 Å². The van der Waals surface area contributed by atoms with Gasteiger partial charge in [-0.3, -0.25) is 0 Å². The highest BCUT2D eigenvalue weighted by atomic mass is 31.2. The van der Waals surface area contributed by atoms with Crippen LogP contribution in [0.5, 0.6) is 0 Å². The summed E-state index contributed by atoms with van der Waals surface area (Å²) in [6, 6.07) is 29.6. The zero-order valence-electron chi connectivity index (χ0n) is 15.7. The predicted molar refractivity (Wildman–Crippen MR) is 117 cm³/mol. The highest BCUT2D eigenvalue weighted by Crippen LogP contribution is 2.56. The van der Waals surface area contributed by atoms with Crippen molar-refractivity contribution in [1.29, 1.82) is 0 Å². The summed E-state index contributed by atoms with van der Waals surface area (Å²) >= 11 is 0. The van der Waals surface area contributed by atoms with Gasteiger partial charge in [-0.25, -0.2) is 0 Å². The Balaban J connectivity index is 2.26. The van der Waals surface area contributed by atoms with Crippen LogP contribution in [0.4, 0.5) is 0 Å². The Labute approximate surface area is 162 Å². The lowest BCUT2D eigenvalue weighted by Crippen LogP contribution is -2.16. The monoisotopic (exact) mass is 372 g/mol. The Morgan fingerprint density at radius 2 is 1.30 bits per heavy atom. The summed E-state index contributed by atoms with van der Waals surface area (Å²) in [6.45, 7) is 2.18. The highest BCUT2D eigenvalue weighted by Gasteiger charge is 2.32. The van der Waals surface area contributed by atoms with Crippen LogP contribution in [0, 0.1) is 0 Å². The molecule has 0 amide bonds. The fourth-order valence-corrected chi connectivity index (χ4v) is 5.89. The molecule has 0 fully saturated rings. The van der Waals surface area contributed by atoms with E-state index in [-0.39, 0.29) is 0 Å². The van der Waals surface area contributed by atoms with E-state index < -0.39 is 7.14 Å². The molecule has 0 bridgehead atoms. The molecule has 1 nitrogen and oxygen atoms in total. The lowest BCUT2D eigenvalue weighted by atomic mass is 10.2. The third-order valence-corrected chi connectivity index (χ3v) is 7.61. The molecule has 0 heterocycles. The van der Waals surface area contributed by atoms with Crippen molar-refractivity contribution in [3.8, 4) is 0 Å². The van der Waals surface area contributed by atoms with E-state index in [0.29, 0.717) is 0 Å². The fraction of sp³-hybridized carbons (Fsp3) is 0.160. The summed E-state index contributed by atoms with van der Waals surface area (Å²) < 4.78 is 14.7. The fourth-order valence-electron chi connectivity index (χ4n) is 3.11. The Morgan fingerprint density at radius 1 is 0.815 bits per heavy atom. The minimum Gasteiger partial charge on any atom is -0.308 e. The van der Waals surface area contributed by atoms with Crippen molar-refractivity contribution in [3.05, 3.63) is 108 Å². The number of hydrogen-bond donors (Lipinski definition) is 0. The van der Waals surface area contributed by atoms with Gasteiger partial charge in [0.15, 0.2) is 7.14 Å². The van der Waals surface area contributed by atoms with E-state index in [0.717, 1.165) is 40.7 Å². The van der Waals surface area contributed by atoms with Gasteiger partial charge < -0.3 is 4.57 Å². The topological polar surface area (TPSA) is 17.1 Å². The van der Waals surface area contributed by atoms with E-state index in [1.165, 1.54) is 0 Å². The second-order valence-corrected chi connectivity index (χ2v) is 9.18. The van der Waals surface area contributed by atoms with Crippen LogP contribution in [0.2, 0.25) is 0 Å². The van der Waals surface area contributed by atoms with E-state index in [9.17, 15) is 4.57 Å². The second-order valence-electron chi connectivity index (χ2n) is 6.49. The number of allylic oxidation sites excluding steroid dienone is 1. The Kier molecular flexibility index (Phi) is 6.66. The van der Waals surface area contributed by atoms with Crippen molar-refractivity contribution >= 4 is 23.1 Å². The summed E-state index contributed by atoms with van der Waals surface area (Å²) in [5.74, 6) is 0.